The van der Waals surface area contributed by atoms with Gasteiger partial charge in [-0.15, -0.1) is 0 Å². The van der Waals surface area contributed by atoms with Crippen molar-refractivity contribution >= 4 is 17.8 Å². The monoisotopic (exact) mass is 506 g/mol. The van der Waals surface area contributed by atoms with Gasteiger partial charge in [-0.25, -0.2) is 4.79 Å². The van der Waals surface area contributed by atoms with Crippen LogP contribution >= 0.6 is 0 Å². The van der Waals surface area contributed by atoms with Gasteiger partial charge >= 0.3 is 5.97 Å². The van der Waals surface area contributed by atoms with E-state index in [4.69, 9.17) is 5.11 Å². The van der Waals surface area contributed by atoms with Crippen molar-refractivity contribution < 1.29 is 19.5 Å². The van der Waals surface area contributed by atoms with Crippen molar-refractivity contribution in [2.24, 2.45) is 11.8 Å². The molecular weight excluding hydrogens is 464 g/mol. The Bertz CT molecular complexity index is 927. The highest BCUT2D eigenvalue weighted by Crippen LogP contribution is 2.45. The number of carboxylic acid groups (broad SMARTS) is 1. The third-order valence-electron chi connectivity index (χ3n) is 6.35. The Labute approximate surface area is 221 Å². The van der Waals surface area contributed by atoms with Crippen molar-refractivity contribution in [1.82, 2.24) is 10.2 Å². The standard InChI is InChI=1S/C31H42N2O4/c1-2-3-4-5-6-7-8-9-10-11-12-13-14-15-16-17-18-19-20-21-29(35)33-24-26-27(25-33)31(26)32-28(34)22-23-30(36)37/h3-4,6-7,9-10,12-13,15-16,18-19,22-23,26-27,31H,2,5,8,11,14,17,20-21,24-25H2,1H3,(H,32,34)(H,36,37). The van der Waals surface area contributed by atoms with Gasteiger partial charge < -0.3 is 15.3 Å². The van der Waals surface area contributed by atoms with Crippen LogP contribution in [0.1, 0.15) is 58.3 Å². The van der Waals surface area contributed by atoms with E-state index in [1.807, 2.05) is 4.90 Å². The fourth-order valence-corrected chi connectivity index (χ4v) is 4.31. The lowest BCUT2D eigenvalue weighted by Crippen LogP contribution is -2.36. The molecule has 0 aromatic carbocycles. The van der Waals surface area contributed by atoms with Gasteiger partial charge in [0.05, 0.1) is 0 Å². The zero-order valence-corrected chi connectivity index (χ0v) is 22.0. The Kier molecular flexibility index (Phi) is 14.4. The molecule has 1 saturated heterocycles. The Hall–Kier alpha value is -3.41. The van der Waals surface area contributed by atoms with Crippen molar-refractivity contribution in [3.8, 4) is 0 Å². The number of likely N-dealkylation sites (tertiary alicyclic amines) is 1. The molecule has 2 fully saturated rings. The average Bonchev–Trinajstić information content (AvgIpc) is 3.30. The largest absolute Gasteiger partial charge is 0.478 e. The topological polar surface area (TPSA) is 86.7 Å². The van der Waals surface area contributed by atoms with Gasteiger partial charge in [-0.05, 0) is 44.9 Å². The molecule has 200 valence electrons. The number of rotatable bonds is 17. The maximum atomic E-state index is 12.4. The van der Waals surface area contributed by atoms with E-state index in [1.54, 1.807) is 0 Å². The summed E-state index contributed by atoms with van der Waals surface area (Å²) in [4.78, 5) is 36.4. The van der Waals surface area contributed by atoms with E-state index >= 15 is 0 Å². The summed E-state index contributed by atoms with van der Waals surface area (Å²) < 4.78 is 0. The predicted octanol–water partition coefficient (Wildman–Crippen LogP) is 5.68. The molecular formula is C31H42N2O4. The second kappa shape index (κ2) is 17.9. The third-order valence-corrected chi connectivity index (χ3v) is 6.35. The zero-order valence-electron chi connectivity index (χ0n) is 22.0. The Morgan fingerprint density at radius 2 is 1.19 bits per heavy atom. The van der Waals surface area contributed by atoms with Gasteiger partial charge in [0, 0.05) is 49.5 Å². The molecule has 0 spiro atoms. The summed E-state index contributed by atoms with van der Waals surface area (Å²) in [6.07, 6.45) is 35.0. The lowest BCUT2D eigenvalue weighted by Gasteiger charge is -2.19. The zero-order chi connectivity index (χ0) is 26.7. The minimum atomic E-state index is -1.14. The fourth-order valence-electron chi connectivity index (χ4n) is 4.31. The molecule has 0 aromatic rings. The second-order valence-electron chi connectivity index (χ2n) is 9.29. The van der Waals surface area contributed by atoms with Crippen LogP contribution in [-0.4, -0.2) is 46.9 Å². The third kappa shape index (κ3) is 12.9. The van der Waals surface area contributed by atoms with Crippen molar-refractivity contribution in [3.05, 3.63) is 85.1 Å². The smallest absolute Gasteiger partial charge is 0.328 e. The summed E-state index contributed by atoms with van der Waals surface area (Å²) in [5.74, 6) is -0.802. The Balaban J connectivity index is 1.45. The first kappa shape index (κ1) is 29.8. The summed E-state index contributed by atoms with van der Waals surface area (Å²) in [6, 6.07) is 0.0540. The van der Waals surface area contributed by atoms with E-state index in [2.05, 4.69) is 85.2 Å². The number of aliphatic carboxylic acids is 1. The predicted molar refractivity (Wildman–Crippen MR) is 150 cm³/mol. The quantitative estimate of drug-likeness (QED) is 0.196. The number of carbonyl (C=O) groups is 3. The maximum absolute atomic E-state index is 12.4. The summed E-state index contributed by atoms with van der Waals surface area (Å²) in [7, 11) is 0. The normalized spacial score (nSPS) is 21.6. The van der Waals surface area contributed by atoms with E-state index in [9.17, 15) is 14.4 Å². The van der Waals surface area contributed by atoms with Crippen LogP contribution in [-0.2, 0) is 14.4 Å². The number of piperidine rings is 1. The van der Waals surface area contributed by atoms with E-state index < -0.39 is 11.9 Å². The number of amides is 2. The molecule has 2 aliphatic rings. The van der Waals surface area contributed by atoms with Gasteiger partial charge in [-0.3, -0.25) is 9.59 Å². The highest BCUT2D eigenvalue weighted by atomic mass is 16.4. The molecule has 2 unspecified atom stereocenters. The highest BCUT2D eigenvalue weighted by molar-refractivity contribution is 5.94. The molecule has 0 aromatic heterocycles. The molecule has 6 nitrogen and oxygen atoms in total. The molecule has 1 aliphatic carbocycles. The van der Waals surface area contributed by atoms with Crippen LogP contribution in [0, 0.1) is 11.8 Å². The highest BCUT2D eigenvalue weighted by Gasteiger charge is 2.57. The van der Waals surface area contributed by atoms with Gasteiger partial charge in [0.15, 0.2) is 0 Å². The second-order valence-corrected chi connectivity index (χ2v) is 9.29. The van der Waals surface area contributed by atoms with Gasteiger partial charge in [-0.2, -0.15) is 0 Å². The first-order valence-corrected chi connectivity index (χ1v) is 13.4. The first-order chi connectivity index (χ1) is 18.0. The number of carbonyl (C=O) groups excluding carboxylic acids is 2. The summed E-state index contributed by atoms with van der Waals surface area (Å²) in [5.41, 5.74) is 0. The average molecular weight is 507 g/mol. The molecule has 2 rings (SSSR count). The molecule has 6 heteroatoms. The van der Waals surface area contributed by atoms with E-state index in [0.717, 1.165) is 57.1 Å². The van der Waals surface area contributed by atoms with Crippen LogP contribution in [0.4, 0.5) is 0 Å². The van der Waals surface area contributed by atoms with E-state index in [1.165, 1.54) is 0 Å². The molecule has 1 saturated carbocycles. The van der Waals surface area contributed by atoms with Crippen LogP contribution in [0.5, 0.6) is 0 Å². The van der Waals surface area contributed by atoms with E-state index in [0.29, 0.717) is 19.5 Å². The molecule has 1 aliphatic heterocycles. The maximum Gasteiger partial charge on any atom is 0.328 e. The summed E-state index contributed by atoms with van der Waals surface area (Å²) >= 11 is 0. The summed E-state index contributed by atoms with van der Waals surface area (Å²) in [5, 5.41) is 11.4. The SMILES string of the molecule is CCC=CCC=CCC=CCC=CCC=CCC=CCCC(=O)N1CC2C(C1)C2NC(=O)C=CC(=O)O. The number of carboxylic acids is 1. The number of nitrogens with one attached hydrogen (secondary N) is 1. The van der Waals surface area contributed by atoms with Gasteiger partial charge in [0.2, 0.25) is 11.8 Å². The lowest BCUT2D eigenvalue weighted by atomic mass is 10.2. The summed E-state index contributed by atoms with van der Waals surface area (Å²) in [6.45, 7) is 3.48. The van der Waals surface area contributed by atoms with Crippen molar-refractivity contribution in [2.75, 3.05) is 13.1 Å². The molecule has 0 radical (unpaired) electrons. The van der Waals surface area contributed by atoms with Crippen LogP contribution in [0.25, 0.3) is 0 Å². The minimum absolute atomic E-state index is 0.0540. The lowest BCUT2D eigenvalue weighted by molar-refractivity contribution is -0.132. The van der Waals surface area contributed by atoms with Crippen molar-refractivity contribution in [2.45, 2.75) is 64.3 Å². The van der Waals surface area contributed by atoms with Crippen LogP contribution in [0.2, 0.25) is 0 Å². The van der Waals surface area contributed by atoms with Gasteiger partial charge in [0.25, 0.3) is 0 Å². The molecule has 1 heterocycles. The molecule has 2 N–H and O–H groups in total. The number of nitrogens with zero attached hydrogens (tertiary/aromatic N) is 1. The van der Waals surface area contributed by atoms with Crippen molar-refractivity contribution in [3.63, 3.8) is 0 Å². The van der Waals surface area contributed by atoms with Gasteiger partial charge in [-0.1, -0.05) is 79.8 Å². The molecule has 0 bridgehead atoms. The number of fused-ring (bicyclic) bond motifs is 1. The van der Waals surface area contributed by atoms with Gasteiger partial charge in [0.1, 0.15) is 0 Å². The number of hydrogen-bond acceptors (Lipinski definition) is 3. The van der Waals surface area contributed by atoms with Crippen LogP contribution < -0.4 is 5.32 Å². The Morgan fingerprint density at radius 1 is 0.730 bits per heavy atom. The molecule has 37 heavy (non-hydrogen) atoms. The minimum Gasteiger partial charge on any atom is -0.478 e. The van der Waals surface area contributed by atoms with E-state index in [-0.39, 0.29) is 23.8 Å². The Morgan fingerprint density at radius 3 is 1.65 bits per heavy atom. The first-order valence-electron chi connectivity index (χ1n) is 13.4. The molecule has 2 atom stereocenters. The fraction of sp³-hybridized carbons (Fsp3) is 0.452. The van der Waals surface area contributed by atoms with Crippen LogP contribution in [0.15, 0.2) is 85.1 Å². The molecule has 2 amide bonds. The number of allylic oxidation sites excluding steroid dienone is 12. The number of hydrogen-bond donors (Lipinski definition) is 2. The van der Waals surface area contributed by atoms with Crippen LogP contribution in [0.3, 0.4) is 0 Å². The van der Waals surface area contributed by atoms with Crippen molar-refractivity contribution in [1.29, 1.82) is 0 Å².